The Balaban J connectivity index is 2.54. The van der Waals surface area contributed by atoms with E-state index in [-0.39, 0.29) is 13.2 Å². The van der Waals surface area contributed by atoms with E-state index >= 15 is 0 Å². The monoisotopic (exact) mass is 280 g/mol. The van der Waals surface area contributed by atoms with Crippen molar-refractivity contribution in [1.29, 1.82) is 0 Å². The fourth-order valence-corrected chi connectivity index (χ4v) is 1.35. The summed E-state index contributed by atoms with van der Waals surface area (Å²) < 4.78 is 15.1. The number of benzene rings is 1. The van der Waals surface area contributed by atoms with Crippen LogP contribution in [0.15, 0.2) is 30.9 Å². The molecule has 1 unspecified atom stereocenters. The van der Waals surface area contributed by atoms with Crippen molar-refractivity contribution in [2.24, 2.45) is 0 Å². The highest BCUT2D eigenvalue weighted by Crippen LogP contribution is 2.27. The van der Waals surface area contributed by atoms with Crippen molar-refractivity contribution >= 4 is 12.3 Å². The largest absolute Gasteiger partial charge is 0.493 e. The van der Waals surface area contributed by atoms with E-state index in [2.05, 4.69) is 11.3 Å². The highest BCUT2D eigenvalue weighted by molar-refractivity contribution is 5.81. The topological polar surface area (TPSA) is 82.1 Å². The molecular weight excluding hydrogens is 264 g/mol. The lowest BCUT2D eigenvalue weighted by atomic mass is 10.2. The lowest BCUT2D eigenvalue weighted by Gasteiger charge is -2.14. The van der Waals surface area contributed by atoms with Crippen LogP contribution in [0.1, 0.15) is 10.4 Å². The minimum Gasteiger partial charge on any atom is -0.493 e. The van der Waals surface area contributed by atoms with Gasteiger partial charge in [0.05, 0.1) is 7.11 Å². The number of hydrogen-bond acceptors (Lipinski definition) is 6. The van der Waals surface area contributed by atoms with Gasteiger partial charge in [0.15, 0.2) is 11.5 Å². The molecule has 6 heteroatoms. The summed E-state index contributed by atoms with van der Waals surface area (Å²) in [5.41, 5.74) is 0.453. The van der Waals surface area contributed by atoms with Crippen molar-refractivity contribution in [2.75, 3.05) is 20.3 Å². The van der Waals surface area contributed by atoms with Crippen molar-refractivity contribution in [3.05, 3.63) is 36.4 Å². The molecular formula is C14H16O6. The molecule has 1 aromatic carbocycles. The van der Waals surface area contributed by atoms with Gasteiger partial charge in [0, 0.05) is 11.6 Å². The number of carbonyl (C=O) groups is 2. The summed E-state index contributed by atoms with van der Waals surface area (Å²) >= 11 is 0. The molecule has 0 amide bonds. The summed E-state index contributed by atoms with van der Waals surface area (Å²) in [7, 11) is 1.44. The molecule has 20 heavy (non-hydrogen) atoms. The molecule has 6 nitrogen and oxygen atoms in total. The molecule has 0 saturated carbocycles. The van der Waals surface area contributed by atoms with E-state index in [1.807, 2.05) is 0 Å². The summed E-state index contributed by atoms with van der Waals surface area (Å²) in [5, 5.41) is 9.59. The van der Waals surface area contributed by atoms with Crippen LogP contribution >= 0.6 is 0 Å². The van der Waals surface area contributed by atoms with Crippen LogP contribution in [0.3, 0.4) is 0 Å². The third-order valence-electron chi connectivity index (χ3n) is 2.34. The molecule has 0 spiro atoms. The minimum absolute atomic E-state index is 0.0821. The Hall–Kier alpha value is -2.34. The van der Waals surface area contributed by atoms with E-state index in [1.54, 1.807) is 12.1 Å². The number of rotatable bonds is 8. The van der Waals surface area contributed by atoms with Crippen LogP contribution in [0.5, 0.6) is 11.5 Å². The molecule has 1 rings (SSSR count). The lowest BCUT2D eigenvalue weighted by Crippen LogP contribution is -2.24. The molecule has 0 aliphatic rings. The molecule has 0 radical (unpaired) electrons. The minimum atomic E-state index is -0.977. The number of aliphatic hydroxyl groups is 1. The Labute approximate surface area is 116 Å². The number of methoxy groups -OCH3 is 1. The zero-order chi connectivity index (χ0) is 15.0. The summed E-state index contributed by atoms with van der Waals surface area (Å²) in [6, 6.07) is 4.65. The molecule has 1 aromatic rings. The Morgan fingerprint density at radius 2 is 2.15 bits per heavy atom. The van der Waals surface area contributed by atoms with Gasteiger partial charge in [-0.1, -0.05) is 6.58 Å². The number of esters is 1. The first kappa shape index (κ1) is 15.7. The Morgan fingerprint density at radius 1 is 1.40 bits per heavy atom. The predicted octanol–water partition coefficient (Wildman–Crippen LogP) is 0.977. The predicted molar refractivity (Wildman–Crippen MR) is 71.0 cm³/mol. The molecule has 0 aromatic heterocycles. The average Bonchev–Trinajstić information content (AvgIpc) is 2.50. The molecule has 0 aliphatic heterocycles. The first-order valence-electron chi connectivity index (χ1n) is 5.84. The molecule has 1 atom stereocenters. The van der Waals surface area contributed by atoms with Crippen LogP contribution in [0.25, 0.3) is 0 Å². The number of ether oxygens (including phenoxy) is 3. The van der Waals surface area contributed by atoms with E-state index in [1.165, 1.54) is 13.2 Å². The van der Waals surface area contributed by atoms with E-state index < -0.39 is 12.1 Å². The fraction of sp³-hybridized carbons (Fsp3) is 0.286. The third kappa shape index (κ3) is 4.74. The second kappa shape index (κ2) is 7.96. The molecule has 108 valence electrons. The maximum atomic E-state index is 10.8. The lowest BCUT2D eigenvalue weighted by molar-refractivity contribution is -0.141. The van der Waals surface area contributed by atoms with Crippen LogP contribution in [-0.2, 0) is 9.53 Å². The van der Waals surface area contributed by atoms with Gasteiger partial charge in [-0.2, -0.15) is 0 Å². The van der Waals surface area contributed by atoms with E-state index in [4.69, 9.17) is 9.47 Å². The van der Waals surface area contributed by atoms with Crippen molar-refractivity contribution in [3.8, 4) is 11.5 Å². The molecule has 0 saturated heterocycles. The molecule has 1 N–H and O–H groups in total. The van der Waals surface area contributed by atoms with Gasteiger partial charge in [-0.25, -0.2) is 4.79 Å². The van der Waals surface area contributed by atoms with Gasteiger partial charge in [0.1, 0.15) is 25.6 Å². The summed E-state index contributed by atoms with van der Waals surface area (Å²) in [4.78, 5) is 21.5. The average molecular weight is 280 g/mol. The second-order valence-corrected chi connectivity index (χ2v) is 3.83. The van der Waals surface area contributed by atoms with Crippen LogP contribution < -0.4 is 9.47 Å². The maximum Gasteiger partial charge on any atom is 0.330 e. The number of hydrogen-bond donors (Lipinski definition) is 1. The zero-order valence-corrected chi connectivity index (χ0v) is 11.1. The van der Waals surface area contributed by atoms with Crippen LogP contribution in [-0.4, -0.2) is 43.8 Å². The van der Waals surface area contributed by atoms with Crippen molar-refractivity contribution < 1.29 is 28.9 Å². The van der Waals surface area contributed by atoms with E-state index in [0.717, 1.165) is 6.08 Å². The van der Waals surface area contributed by atoms with Crippen molar-refractivity contribution in [3.63, 3.8) is 0 Å². The van der Waals surface area contributed by atoms with Gasteiger partial charge in [-0.05, 0) is 18.2 Å². The summed E-state index contributed by atoms with van der Waals surface area (Å²) in [6.45, 7) is 2.96. The van der Waals surface area contributed by atoms with Crippen LogP contribution in [0, 0.1) is 0 Å². The smallest absolute Gasteiger partial charge is 0.330 e. The Kier molecular flexibility index (Phi) is 6.25. The zero-order valence-electron chi connectivity index (χ0n) is 11.1. The van der Waals surface area contributed by atoms with Crippen LogP contribution in [0.4, 0.5) is 0 Å². The molecule has 0 bridgehead atoms. The van der Waals surface area contributed by atoms with E-state index in [9.17, 15) is 14.7 Å². The molecule has 0 heterocycles. The van der Waals surface area contributed by atoms with Gasteiger partial charge in [-0.15, -0.1) is 0 Å². The standard InChI is InChI=1S/C14H16O6/c1-3-14(17)20-9-11(16)8-19-12-5-4-10(7-15)6-13(12)18-2/h3-7,11,16H,1,8-9H2,2H3. The van der Waals surface area contributed by atoms with Gasteiger partial charge in [0.2, 0.25) is 0 Å². The van der Waals surface area contributed by atoms with E-state index in [0.29, 0.717) is 23.3 Å². The normalized spacial score (nSPS) is 11.3. The maximum absolute atomic E-state index is 10.8. The third-order valence-corrected chi connectivity index (χ3v) is 2.34. The number of carbonyl (C=O) groups excluding carboxylic acids is 2. The number of aliphatic hydroxyl groups excluding tert-OH is 1. The second-order valence-electron chi connectivity index (χ2n) is 3.83. The molecule has 0 fully saturated rings. The van der Waals surface area contributed by atoms with Crippen molar-refractivity contribution in [1.82, 2.24) is 0 Å². The highest BCUT2D eigenvalue weighted by Gasteiger charge is 2.11. The SMILES string of the molecule is C=CC(=O)OCC(O)COc1ccc(C=O)cc1OC. The quantitative estimate of drug-likeness (QED) is 0.434. The highest BCUT2D eigenvalue weighted by atomic mass is 16.6. The molecule has 0 aliphatic carbocycles. The number of aldehydes is 1. The Bertz CT molecular complexity index is 483. The fourth-order valence-electron chi connectivity index (χ4n) is 1.35. The summed E-state index contributed by atoms with van der Waals surface area (Å²) in [5.74, 6) is 0.147. The van der Waals surface area contributed by atoms with Gasteiger partial charge in [0.25, 0.3) is 0 Å². The van der Waals surface area contributed by atoms with Gasteiger partial charge < -0.3 is 19.3 Å². The van der Waals surface area contributed by atoms with Gasteiger partial charge >= 0.3 is 5.97 Å². The van der Waals surface area contributed by atoms with Crippen LogP contribution in [0.2, 0.25) is 0 Å². The van der Waals surface area contributed by atoms with Crippen molar-refractivity contribution in [2.45, 2.75) is 6.10 Å². The first-order chi connectivity index (χ1) is 9.60. The summed E-state index contributed by atoms with van der Waals surface area (Å²) in [6.07, 6.45) is 0.722. The first-order valence-corrected chi connectivity index (χ1v) is 5.84. The van der Waals surface area contributed by atoms with Gasteiger partial charge in [-0.3, -0.25) is 4.79 Å². The Morgan fingerprint density at radius 3 is 2.75 bits per heavy atom.